The smallest absolute Gasteiger partial charge is 0.253 e. The molecule has 0 aliphatic carbocycles. The molecular formula is C13H17BrN2O. The van der Waals surface area contributed by atoms with E-state index in [0.717, 1.165) is 22.9 Å². The molecule has 0 bridgehead atoms. The van der Waals surface area contributed by atoms with Crippen LogP contribution in [0.25, 0.3) is 0 Å². The standard InChI is InChI=1S/C13H17BrN2O/c1-10-7-11(14)8-16(12(10)17)6-4-5-13(2,3)9-15/h7-8H,4-6H2,1-3H3. The Kier molecular flexibility index (Phi) is 4.53. The summed E-state index contributed by atoms with van der Waals surface area (Å²) >= 11 is 3.38. The molecular weight excluding hydrogens is 280 g/mol. The second-order valence-corrected chi connectivity index (χ2v) is 5.85. The molecule has 0 atom stereocenters. The molecule has 0 saturated carbocycles. The van der Waals surface area contributed by atoms with Gasteiger partial charge >= 0.3 is 0 Å². The Hall–Kier alpha value is -1.08. The Morgan fingerprint density at radius 1 is 1.53 bits per heavy atom. The SMILES string of the molecule is Cc1cc(Br)cn(CCCC(C)(C)C#N)c1=O. The van der Waals surface area contributed by atoms with Gasteiger partial charge < -0.3 is 4.57 Å². The van der Waals surface area contributed by atoms with Gasteiger partial charge in [-0.1, -0.05) is 0 Å². The summed E-state index contributed by atoms with van der Waals surface area (Å²) in [5.74, 6) is 0. The number of hydrogen-bond donors (Lipinski definition) is 0. The molecule has 1 rings (SSSR count). The van der Waals surface area contributed by atoms with E-state index < -0.39 is 0 Å². The highest BCUT2D eigenvalue weighted by Gasteiger charge is 2.15. The van der Waals surface area contributed by atoms with Crippen LogP contribution in [-0.2, 0) is 6.54 Å². The molecule has 0 N–H and O–H groups in total. The van der Waals surface area contributed by atoms with Crippen molar-refractivity contribution in [3.8, 4) is 6.07 Å². The third-order valence-electron chi connectivity index (χ3n) is 2.74. The van der Waals surface area contributed by atoms with Crippen LogP contribution in [0.3, 0.4) is 0 Å². The Bertz CT molecular complexity index is 497. The number of rotatable bonds is 4. The Labute approximate surface area is 110 Å². The number of aromatic nitrogens is 1. The molecule has 1 aromatic rings. The molecule has 0 unspecified atom stereocenters. The van der Waals surface area contributed by atoms with Crippen molar-refractivity contribution in [3.05, 3.63) is 32.7 Å². The summed E-state index contributed by atoms with van der Waals surface area (Å²) < 4.78 is 2.61. The van der Waals surface area contributed by atoms with E-state index in [9.17, 15) is 4.79 Å². The maximum atomic E-state index is 11.8. The highest BCUT2D eigenvalue weighted by molar-refractivity contribution is 9.10. The van der Waals surface area contributed by atoms with Crippen LogP contribution in [0.1, 0.15) is 32.3 Å². The van der Waals surface area contributed by atoms with Gasteiger partial charge in [-0.25, -0.2) is 0 Å². The second kappa shape index (κ2) is 5.50. The number of nitriles is 1. The van der Waals surface area contributed by atoms with Crippen molar-refractivity contribution in [2.45, 2.75) is 40.2 Å². The highest BCUT2D eigenvalue weighted by atomic mass is 79.9. The lowest BCUT2D eigenvalue weighted by Gasteiger charge is -2.15. The molecule has 1 aromatic heterocycles. The maximum Gasteiger partial charge on any atom is 0.253 e. The van der Waals surface area contributed by atoms with Gasteiger partial charge in [0.05, 0.1) is 11.5 Å². The average Bonchev–Trinajstić information content (AvgIpc) is 2.24. The molecule has 0 aromatic carbocycles. The molecule has 3 nitrogen and oxygen atoms in total. The lowest BCUT2D eigenvalue weighted by molar-refractivity contribution is 0.413. The lowest BCUT2D eigenvalue weighted by atomic mass is 9.90. The third kappa shape index (κ3) is 4.01. The van der Waals surface area contributed by atoms with Gasteiger partial charge in [-0.05, 0) is 55.6 Å². The monoisotopic (exact) mass is 296 g/mol. The van der Waals surface area contributed by atoms with Crippen molar-refractivity contribution < 1.29 is 0 Å². The van der Waals surface area contributed by atoms with Gasteiger partial charge in [0, 0.05) is 22.8 Å². The van der Waals surface area contributed by atoms with Crippen LogP contribution in [0, 0.1) is 23.7 Å². The molecule has 1 heterocycles. The summed E-state index contributed by atoms with van der Waals surface area (Å²) in [6.45, 7) is 6.30. The van der Waals surface area contributed by atoms with Crippen molar-refractivity contribution in [1.82, 2.24) is 4.57 Å². The minimum atomic E-state index is -0.315. The van der Waals surface area contributed by atoms with Crippen molar-refractivity contribution in [2.24, 2.45) is 5.41 Å². The predicted molar refractivity (Wildman–Crippen MR) is 71.8 cm³/mol. The molecule has 92 valence electrons. The topological polar surface area (TPSA) is 45.8 Å². The molecule has 0 spiro atoms. The molecule has 0 amide bonds. The summed E-state index contributed by atoms with van der Waals surface area (Å²) in [6.07, 6.45) is 3.42. The molecule has 0 fully saturated rings. The van der Waals surface area contributed by atoms with E-state index in [1.807, 2.05) is 26.8 Å². The van der Waals surface area contributed by atoms with Crippen molar-refractivity contribution >= 4 is 15.9 Å². The van der Waals surface area contributed by atoms with Crippen molar-refractivity contribution in [3.63, 3.8) is 0 Å². The Morgan fingerprint density at radius 2 is 2.18 bits per heavy atom. The van der Waals surface area contributed by atoms with E-state index in [2.05, 4.69) is 22.0 Å². The zero-order chi connectivity index (χ0) is 13.1. The largest absolute Gasteiger partial charge is 0.314 e. The minimum absolute atomic E-state index is 0.0444. The molecule has 4 heteroatoms. The summed E-state index contributed by atoms with van der Waals surface area (Å²) in [4.78, 5) is 11.8. The first-order valence-electron chi connectivity index (χ1n) is 5.63. The lowest BCUT2D eigenvalue weighted by Crippen LogP contribution is -2.22. The number of nitrogens with zero attached hydrogens (tertiary/aromatic N) is 2. The van der Waals surface area contributed by atoms with Gasteiger partial charge in [0.25, 0.3) is 5.56 Å². The highest BCUT2D eigenvalue weighted by Crippen LogP contribution is 2.21. The van der Waals surface area contributed by atoms with Crippen LogP contribution in [0.4, 0.5) is 0 Å². The van der Waals surface area contributed by atoms with Crippen LogP contribution in [0.15, 0.2) is 21.5 Å². The summed E-state index contributed by atoms with van der Waals surface area (Å²) in [5.41, 5.74) is 0.465. The van der Waals surface area contributed by atoms with Gasteiger partial charge in [-0.15, -0.1) is 0 Å². The van der Waals surface area contributed by atoms with Gasteiger partial charge in [0.2, 0.25) is 0 Å². The average molecular weight is 297 g/mol. The van der Waals surface area contributed by atoms with Gasteiger partial charge in [-0.3, -0.25) is 4.79 Å². The predicted octanol–water partition coefficient (Wildman–Crippen LogP) is 3.25. The number of hydrogen-bond acceptors (Lipinski definition) is 2. The fourth-order valence-electron chi connectivity index (χ4n) is 1.65. The van der Waals surface area contributed by atoms with Crippen LogP contribution in [0.2, 0.25) is 0 Å². The number of aryl methyl sites for hydroxylation is 2. The van der Waals surface area contributed by atoms with Crippen LogP contribution >= 0.6 is 15.9 Å². The number of halogens is 1. The second-order valence-electron chi connectivity index (χ2n) is 4.94. The quantitative estimate of drug-likeness (QED) is 0.856. The van der Waals surface area contributed by atoms with Gasteiger partial charge in [0.15, 0.2) is 0 Å². The first kappa shape index (κ1) is 14.0. The Morgan fingerprint density at radius 3 is 2.76 bits per heavy atom. The summed E-state index contributed by atoms with van der Waals surface area (Å²) in [7, 11) is 0. The minimum Gasteiger partial charge on any atom is -0.314 e. The van der Waals surface area contributed by atoms with Crippen LogP contribution in [-0.4, -0.2) is 4.57 Å². The van der Waals surface area contributed by atoms with Gasteiger partial charge in [0.1, 0.15) is 0 Å². The van der Waals surface area contributed by atoms with E-state index >= 15 is 0 Å². The van der Waals surface area contributed by atoms with E-state index in [-0.39, 0.29) is 11.0 Å². The van der Waals surface area contributed by atoms with Crippen molar-refractivity contribution in [1.29, 1.82) is 5.26 Å². The summed E-state index contributed by atoms with van der Waals surface area (Å²) in [6, 6.07) is 4.09. The van der Waals surface area contributed by atoms with E-state index in [0.29, 0.717) is 6.54 Å². The fraction of sp³-hybridized carbons (Fsp3) is 0.538. The zero-order valence-electron chi connectivity index (χ0n) is 10.5. The van der Waals surface area contributed by atoms with Gasteiger partial charge in [-0.2, -0.15) is 5.26 Å². The van der Waals surface area contributed by atoms with E-state index in [1.54, 1.807) is 10.8 Å². The van der Waals surface area contributed by atoms with Crippen LogP contribution in [0.5, 0.6) is 0 Å². The maximum absolute atomic E-state index is 11.8. The third-order valence-corrected chi connectivity index (χ3v) is 3.17. The van der Waals surface area contributed by atoms with Crippen molar-refractivity contribution in [2.75, 3.05) is 0 Å². The molecule has 0 aliphatic heterocycles. The molecule has 0 saturated heterocycles. The Balaban J connectivity index is 2.72. The van der Waals surface area contributed by atoms with Crippen LogP contribution < -0.4 is 5.56 Å². The van der Waals surface area contributed by atoms with E-state index in [1.165, 1.54) is 0 Å². The first-order chi connectivity index (χ1) is 7.85. The normalized spacial score (nSPS) is 11.2. The summed E-state index contributed by atoms with van der Waals surface area (Å²) in [5, 5.41) is 8.91. The zero-order valence-corrected chi connectivity index (χ0v) is 12.0. The molecule has 0 aliphatic rings. The molecule has 0 radical (unpaired) electrons. The van der Waals surface area contributed by atoms with E-state index in [4.69, 9.17) is 5.26 Å². The molecule has 17 heavy (non-hydrogen) atoms. The fourth-order valence-corrected chi connectivity index (χ4v) is 2.24. The number of pyridine rings is 1. The first-order valence-corrected chi connectivity index (χ1v) is 6.43.